The van der Waals surface area contributed by atoms with E-state index >= 15 is 0 Å². The number of rotatable bonds is 5. The predicted molar refractivity (Wildman–Crippen MR) is 106 cm³/mol. The molecular formula is C21H22N2O3S. The number of benzene rings is 1. The highest BCUT2D eigenvalue weighted by molar-refractivity contribution is 7.17. The summed E-state index contributed by atoms with van der Waals surface area (Å²) in [7, 11) is 0. The molecule has 4 rings (SSSR count). The van der Waals surface area contributed by atoms with Crippen molar-refractivity contribution in [2.45, 2.75) is 44.2 Å². The van der Waals surface area contributed by atoms with E-state index in [-0.39, 0.29) is 11.9 Å². The monoisotopic (exact) mass is 382 g/mol. The van der Waals surface area contributed by atoms with Gasteiger partial charge in [0.05, 0.1) is 10.2 Å². The lowest BCUT2D eigenvalue weighted by atomic mass is 9.95. The Hall–Kier alpha value is -2.60. The third kappa shape index (κ3) is 4.06. The van der Waals surface area contributed by atoms with Crippen molar-refractivity contribution in [2.75, 3.05) is 0 Å². The zero-order chi connectivity index (χ0) is 18.6. The van der Waals surface area contributed by atoms with Crippen molar-refractivity contribution in [1.29, 1.82) is 0 Å². The van der Waals surface area contributed by atoms with E-state index in [2.05, 4.69) is 10.3 Å². The highest BCUT2D eigenvalue weighted by Gasteiger charge is 2.28. The van der Waals surface area contributed by atoms with Crippen LogP contribution in [-0.4, -0.2) is 22.9 Å². The fourth-order valence-corrected chi connectivity index (χ4v) is 4.34. The maximum absolute atomic E-state index is 12.9. The molecule has 1 amide bonds. The Labute approximate surface area is 161 Å². The van der Waals surface area contributed by atoms with Crippen molar-refractivity contribution in [2.24, 2.45) is 0 Å². The number of H-pyrrole nitrogens is 1. The molecule has 1 aliphatic carbocycles. The van der Waals surface area contributed by atoms with Crippen molar-refractivity contribution in [3.05, 3.63) is 59.1 Å². The van der Waals surface area contributed by atoms with Gasteiger partial charge in [-0.25, -0.2) is 4.79 Å². The standard InChI is InChI=1S/C21H22N2O3S/c24-20(22-15-9-5-2-6-10-15)19(14-7-3-1-4-8-14)26-21(25)17-13-18-16(23-17)11-12-27-18/h1,3-4,7-8,11-13,15,19,23H,2,5-6,9-10H2,(H,22,24). The second-order valence-corrected chi connectivity index (χ2v) is 7.87. The van der Waals surface area contributed by atoms with Gasteiger partial charge < -0.3 is 15.0 Å². The Morgan fingerprint density at radius 1 is 1.11 bits per heavy atom. The number of hydrogen-bond acceptors (Lipinski definition) is 4. The molecule has 1 fully saturated rings. The smallest absolute Gasteiger partial charge is 0.355 e. The van der Waals surface area contributed by atoms with Crippen molar-refractivity contribution in [3.8, 4) is 0 Å². The molecule has 0 radical (unpaired) electrons. The minimum absolute atomic E-state index is 0.159. The summed E-state index contributed by atoms with van der Waals surface area (Å²) in [5.41, 5.74) is 1.94. The molecule has 2 N–H and O–H groups in total. The third-order valence-electron chi connectivity index (χ3n) is 4.98. The Bertz CT molecular complexity index is 897. The fraction of sp³-hybridized carbons (Fsp3) is 0.333. The van der Waals surface area contributed by atoms with E-state index in [4.69, 9.17) is 4.74 Å². The topological polar surface area (TPSA) is 71.2 Å². The molecular weight excluding hydrogens is 360 g/mol. The number of carbonyl (C=O) groups is 2. The normalized spacial score (nSPS) is 16.1. The molecule has 1 saturated carbocycles. The van der Waals surface area contributed by atoms with Crippen LogP contribution in [0.4, 0.5) is 0 Å². The molecule has 140 valence electrons. The van der Waals surface area contributed by atoms with Gasteiger partial charge in [0, 0.05) is 11.6 Å². The van der Waals surface area contributed by atoms with Gasteiger partial charge in [0.25, 0.3) is 5.91 Å². The van der Waals surface area contributed by atoms with E-state index in [1.54, 1.807) is 17.4 Å². The maximum atomic E-state index is 12.9. The number of ether oxygens (including phenoxy) is 1. The van der Waals surface area contributed by atoms with Gasteiger partial charge in [-0.05, 0) is 30.4 Å². The molecule has 2 heterocycles. The van der Waals surface area contributed by atoms with E-state index in [1.165, 1.54) is 6.42 Å². The molecule has 0 saturated heterocycles. The Morgan fingerprint density at radius 3 is 2.63 bits per heavy atom. The molecule has 1 aromatic carbocycles. The number of esters is 1. The summed E-state index contributed by atoms with van der Waals surface area (Å²) >= 11 is 1.55. The lowest BCUT2D eigenvalue weighted by Crippen LogP contribution is -2.40. The molecule has 1 unspecified atom stereocenters. The Balaban J connectivity index is 1.53. The quantitative estimate of drug-likeness (QED) is 0.635. The minimum Gasteiger partial charge on any atom is -0.443 e. The van der Waals surface area contributed by atoms with Crippen LogP contribution < -0.4 is 5.32 Å². The van der Waals surface area contributed by atoms with E-state index in [0.29, 0.717) is 11.3 Å². The summed E-state index contributed by atoms with van der Waals surface area (Å²) < 4.78 is 6.64. The highest BCUT2D eigenvalue weighted by Crippen LogP contribution is 2.25. The molecule has 27 heavy (non-hydrogen) atoms. The van der Waals surface area contributed by atoms with Crippen molar-refractivity contribution in [1.82, 2.24) is 10.3 Å². The summed E-state index contributed by atoms with van der Waals surface area (Å²) in [6.45, 7) is 0. The molecule has 2 aromatic heterocycles. The van der Waals surface area contributed by atoms with Gasteiger partial charge in [-0.2, -0.15) is 0 Å². The van der Waals surface area contributed by atoms with Crippen LogP contribution in [0.2, 0.25) is 0 Å². The van der Waals surface area contributed by atoms with Crippen molar-refractivity contribution in [3.63, 3.8) is 0 Å². The van der Waals surface area contributed by atoms with Gasteiger partial charge >= 0.3 is 5.97 Å². The molecule has 0 aliphatic heterocycles. The van der Waals surface area contributed by atoms with Gasteiger partial charge in [0.1, 0.15) is 5.69 Å². The number of amides is 1. The summed E-state index contributed by atoms with van der Waals surface area (Å²) in [4.78, 5) is 28.6. The van der Waals surface area contributed by atoms with Crippen LogP contribution in [0.3, 0.4) is 0 Å². The van der Waals surface area contributed by atoms with Gasteiger partial charge in [-0.15, -0.1) is 11.3 Å². The zero-order valence-electron chi connectivity index (χ0n) is 14.9. The van der Waals surface area contributed by atoms with Crippen LogP contribution in [0.5, 0.6) is 0 Å². The van der Waals surface area contributed by atoms with Crippen LogP contribution in [0, 0.1) is 0 Å². The number of aromatic amines is 1. The highest BCUT2D eigenvalue weighted by atomic mass is 32.1. The largest absolute Gasteiger partial charge is 0.443 e. The van der Waals surface area contributed by atoms with Crippen LogP contribution in [0.1, 0.15) is 54.3 Å². The second-order valence-electron chi connectivity index (χ2n) is 6.92. The number of fused-ring (bicyclic) bond motifs is 1. The Kier molecular flexibility index (Phi) is 5.25. The number of hydrogen-bond donors (Lipinski definition) is 2. The maximum Gasteiger partial charge on any atom is 0.355 e. The molecule has 1 aliphatic rings. The average molecular weight is 382 g/mol. The summed E-state index contributed by atoms with van der Waals surface area (Å²) in [5.74, 6) is -0.777. The van der Waals surface area contributed by atoms with Gasteiger partial charge in [0.2, 0.25) is 6.10 Å². The van der Waals surface area contributed by atoms with Crippen LogP contribution in [0.25, 0.3) is 10.2 Å². The number of nitrogens with one attached hydrogen (secondary N) is 2. The number of carbonyl (C=O) groups excluding carboxylic acids is 2. The van der Waals surface area contributed by atoms with Gasteiger partial charge in [-0.1, -0.05) is 49.6 Å². The van der Waals surface area contributed by atoms with Crippen LogP contribution in [0.15, 0.2) is 47.8 Å². The minimum atomic E-state index is -0.957. The first-order valence-corrected chi connectivity index (χ1v) is 10.2. The molecule has 6 heteroatoms. The summed E-state index contributed by atoms with van der Waals surface area (Å²) in [6, 6.07) is 13.0. The fourth-order valence-electron chi connectivity index (χ4n) is 3.55. The van der Waals surface area contributed by atoms with Crippen LogP contribution >= 0.6 is 11.3 Å². The molecule has 1 atom stereocenters. The van der Waals surface area contributed by atoms with Crippen molar-refractivity contribution >= 4 is 33.4 Å². The first kappa shape index (κ1) is 17.8. The van der Waals surface area contributed by atoms with E-state index in [9.17, 15) is 9.59 Å². The third-order valence-corrected chi connectivity index (χ3v) is 5.84. The van der Waals surface area contributed by atoms with Crippen LogP contribution in [-0.2, 0) is 9.53 Å². The molecule has 0 spiro atoms. The van der Waals surface area contributed by atoms with Crippen molar-refractivity contribution < 1.29 is 14.3 Å². The van der Waals surface area contributed by atoms with E-state index < -0.39 is 12.1 Å². The van der Waals surface area contributed by atoms with Gasteiger partial charge in [0.15, 0.2) is 0 Å². The molecule has 0 bridgehead atoms. The molecule has 3 aromatic rings. The Morgan fingerprint density at radius 2 is 1.89 bits per heavy atom. The first-order valence-electron chi connectivity index (χ1n) is 9.33. The van der Waals surface area contributed by atoms with E-state index in [0.717, 1.165) is 35.9 Å². The zero-order valence-corrected chi connectivity index (χ0v) is 15.8. The van der Waals surface area contributed by atoms with Gasteiger partial charge in [-0.3, -0.25) is 4.79 Å². The summed E-state index contributed by atoms with van der Waals surface area (Å²) in [6.07, 6.45) is 4.47. The lowest BCUT2D eigenvalue weighted by molar-refractivity contribution is -0.131. The predicted octanol–water partition coefficient (Wildman–Crippen LogP) is 4.58. The summed E-state index contributed by atoms with van der Waals surface area (Å²) in [5, 5.41) is 5.03. The number of aromatic nitrogens is 1. The average Bonchev–Trinajstić information content (AvgIpc) is 3.29. The SMILES string of the molecule is O=C(OC(C(=O)NC1CCCCC1)c1ccccc1)c1cc2sccc2[nH]1. The molecule has 5 nitrogen and oxygen atoms in total. The van der Waals surface area contributed by atoms with E-state index in [1.807, 2.05) is 41.8 Å². The first-order chi connectivity index (χ1) is 13.2. The number of thiophene rings is 1. The second kappa shape index (κ2) is 7.96. The lowest BCUT2D eigenvalue weighted by Gasteiger charge is -2.25.